The number of hydrogen-bond acceptors (Lipinski definition) is 6. The second-order valence-corrected chi connectivity index (χ2v) is 7.95. The minimum Gasteiger partial charge on any atom is -0.497 e. The summed E-state index contributed by atoms with van der Waals surface area (Å²) in [6.45, 7) is 2.21. The van der Waals surface area contributed by atoms with Crippen molar-refractivity contribution < 1.29 is 23.8 Å². The topological polar surface area (TPSA) is 74.2 Å². The summed E-state index contributed by atoms with van der Waals surface area (Å²) >= 11 is 0. The zero-order valence-electron chi connectivity index (χ0n) is 18.4. The minimum absolute atomic E-state index is 0.0635. The Hall–Kier alpha value is -3.41. The maximum atomic E-state index is 13.2. The van der Waals surface area contributed by atoms with Crippen LogP contribution in [0.15, 0.2) is 70.9 Å². The number of esters is 1. The smallest absolute Gasteiger partial charge is 0.315 e. The Morgan fingerprint density at radius 3 is 2.47 bits per heavy atom. The van der Waals surface area contributed by atoms with Gasteiger partial charge in [-0.05, 0) is 49.6 Å². The van der Waals surface area contributed by atoms with Gasteiger partial charge in [0.05, 0.1) is 7.11 Å². The molecule has 4 rings (SSSR count). The Morgan fingerprint density at radius 2 is 1.75 bits per heavy atom. The Morgan fingerprint density at radius 1 is 1.00 bits per heavy atom. The molecule has 2 atom stereocenters. The first-order valence-electron chi connectivity index (χ1n) is 10.9. The summed E-state index contributed by atoms with van der Waals surface area (Å²) in [5.74, 6) is 0.0424. The molecule has 0 N–H and O–H groups in total. The van der Waals surface area contributed by atoms with Gasteiger partial charge in [0.25, 0.3) is 0 Å². The molecule has 1 aliphatic heterocycles. The van der Waals surface area contributed by atoms with Crippen molar-refractivity contribution in [3.05, 3.63) is 71.4 Å². The van der Waals surface area contributed by atoms with Gasteiger partial charge in [-0.3, -0.25) is 14.6 Å². The van der Waals surface area contributed by atoms with E-state index in [-0.39, 0.29) is 19.0 Å². The maximum Gasteiger partial charge on any atom is 0.315 e. The lowest BCUT2D eigenvalue weighted by Crippen LogP contribution is -2.37. The summed E-state index contributed by atoms with van der Waals surface area (Å²) in [5.41, 5.74) is 3.00. The van der Waals surface area contributed by atoms with E-state index in [0.717, 1.165) is 35.6 Å². The zero-order valence-corrected chi connectivity index (χ0v) is 18.4. The van der Waals surface area contributed by atoms with E-state index in [1.165, 1.54) is 0 Å². The molecule has 1 heterocycles. The van der Waals surface area contributed by atoms with E-state index in [4.69, 9.17) is 14.2 Å². The lowest BCUT2D eigenvalue weighted by molar-refractivity contribution is -0.147. The van der Waals surface area contributed by atoms with Gasteiger partial charge in [0, 0.05) is 29.3 Å². The third-order valence-electron chi connectivity index (χ3n) is 5.90. The van der Waals surface area contributed by atoms with E-state index in [0.29, 0.717) is 17.7 Å². The van der Waals surface area contributed by atoms with Crippen LogP contribution in [0.25, 0.3) is 0 Å². The average Bonchev–Trinajstić information content (AvgIpc) is 2.82. The maximum absolute atomic E-state index is 13.2. The number of rotatable bonds is 7. The number of hydrogen-bond donors (Lipinski definition) is 0. The number of ether oxygens (including phenoxy) is 3. The van der Waals surface area contributed by atoms with Crippen LogP contribution in [-0.4, -0.2) is 37.8 Å². The molecule has 0 spiro atoms. The SMILES string of the molecule is COc1ccc([C@H]2C3=C(CCCC3=O)N=C(C)C2C(=O)OCCOc2ccccc2)cc1. The molecular weight excluding hydrogens is 406 g/mol. The van der Waals surface area contributed by atoms with E-state index in [2.05, 4.69) is 4.99 Å². The van der Waals surface area contributed by atoms with Gasteiger partial charge in [-0.2, -0.15) is 0 Å². The quantitative estimate of drug-likeness (QED) is 0.475. The number of para-hydroxylation sites is 1. The molecule has 0 amide bonds. The number of methoxy groups -OCH3 is 1. The number of allylic oxidation sites excluding steroid dienone is 2. The van der Waals surface area contributed by atoms with Crippen molar-refractivity contribution in [3.63, 3.8) is 0 Å². The second-order valence-electron chi connectivity index (χ2n) is 7.95. The van der Waals surface area contributed by atoms with E-state index in [1.54, 1.807) is 7.11 Å². The number of carbonyl (C=O) groups is 2. The fraction of sp³-hybridized carbons (Fsp3) is 0.346. The highest BCUT2D eigenvalue weighted by atomic mass is 16.6. The Bertz CT molecular complexity index is 1040. The highest BCUT2D eigenvalue weighted by Gasteiger charge is 2.43. The monoisotopic (exact) mass is 433 g/mol. The predicted octanol–water partition coefficient (Wildman–Crippen LogP) is 4.50. The molecule has 0 radical (unpaired) electrons. The van der Waals surface area contributed by atoms with Gasteiger partial charge in [-0.25, -0.2) is 0 Å². The van der Waals surface area contributed by atoms with Crippen molar-refractivity contribution in [2.75, 3.05) is 20.3 Å². The molecule has 0 aromatic heterocycles. The van der Waals surface area contributed by atoms with Crippen LogP contribution in [0.4, 0.5) is 0 Å². The highest BCUT2D eigenvalue weighted by Crippen LogP contribution is 2.43. The first-order valence-corrected chi connectivity index (χ1v) is 10.9. The molecule has 2 aromatic rings. The van der Waals surface area contributed by atoms with Crippen LogP contribution in [-0.2, 0) is 14.3 Å². The summed E-state index contributed by atoms with van der Waals surface area (Å²) in [6, 6.07) is 16.9. The van der Waals surface area contributed by atoms with Crippen LogP contribution in [0.3, 0.4) is 0 Å². The standard InChI is InChI=1S/C26H27NO5/c1-17-23(26(29)32-16-15-31-20-7-4-3-5-8-20)24(18-11-13-19(30-2)14-12-18)25-21(27-17)9-6-10-22(25)28/h3-5,7-8,11-14,23-24H,6,9-10,15-16H2,1-2H3/t23?,24-/m1/s1. The number of aliphatic imine (C=N–C) groups is 1. The van der Waals surface area contributed by atoms with Crippen molar-refractivity contribution in [2.45, 2.75) is 32.1 Å². The lowest BCUT2D eigenvalue weighted by Gasteiger charge is -2.34. The summed E-state index contributed by atoms with van der Waals surface area (Å²) in [6.07, 6.45) is 2.01. The predicted molar refractivity (Wildman–Crippen MR) is 121 cm³/mol. The van der Waals surface area contributed by atoms with Crippen molar-refractivity contribution in [3.8, 4) is 11.5 Å². The molecule has 0 saturated carbocycles. The lowest BCUT2D eigenvalue weighted by atomic mass is 9.72. The third-order valence-corrected chi connectivity index (χ3v) is 5.90. The van der Waals surface area contributed by atoms with E-state index < -0.39 is 17.8 Å². The molecule has 0 fully saturated rings. The molecule has 6 nitrogen and oxygen atoms in total. The normalized spacial score (nSPS) is 20.3. The minimum atomic E-state index is -0.652. The van der Waals surface area contributed by atoms with Gasteiger partial charge in [-0.1, -0.05) is 30.3 Å². The first-order chi connectivity index (χ1) is 15.6. The number of carbonyl (C=O) groups excluding carboxylic acids is 2. The Kier molecular flexibility index (Phi) is 6.69. The van der Waals surface area contributed by atoms with Gasteiger partial charge in [0.2, 0.25) is 0 Å². The summed E-state index contributed by atoms with van der Waals surface area (Å²) < 4.78 is 16.5. The highest BCUT2D eigenvalue weighted by molar-refractivity contribution is 6.08. The second kappa shape index (κ2) is 9.81. The van der Waals surface area contributed by atoms with Crippen LogP contribution < -0.4 is 9.47 Å². The molecule has 6 heteroatoms. The molecule has 0 saturated heterocycles. The van der Waals surface area contributed by atoms with Crippen LogP contribution in [0, 0.1) is 5.92 Å². The van der Waals surface area contributed by atoms with Crippen LogP contribution >= 0.6 is 0 Å². The van der Waals surface area contributed by atoms with Crippen LogP contribution in [0.1, 0.15) is 37.7 Å². The fourth-order valence-electron chi connectivity index (χ4n) is 4.39. The molecule has 0 bridgehead atoms. The first kappa shape index (κ1) is 21.8. The largest absolute Gasteiger partial charge is 0.497 e. The summed E-state index contributed by atoms with van der Waals surface area (Å²) in [5, 5.41) is 0. The molecule has 1 unspecified atom stereocenters. The van der Waals surface area contributed by atoms with Gasteiger partial charge in [0.1, 0.15) is 30.6 Å². The van der Waals surface area contributed by atoms with Gasteiger partial charge >= 0.3 is 5.97 Å². The van der Waals surface area contributed by atoms with Crippen LogP contribution in [0.5, 0.6) is 11.5 Å². The van der Waals surface area contributed by atoms with Gasteiger partial charge in [0.15, 0.2) is 5.78 Å². The third kappa shape index (κ3) is 4.59. The Balaban J connectivity index is 1.55. The van der Waals surface area contributed by atoms with E-state index >= 15 is 0 Å². The molecule has 32 heavy (non-hydrogen) atoms. The van der Waals surface area contributed by atoms with E-state index in [1.807, 2.05) is 61.5 Å². The Labute approximate surface area is 187 Å². The van der Waals surface area contributed by atoms with Crippen molar-refractivity contribution >= 4 is 17.5 Å². The molecule has 166 valence electrons. The average molecular weight is 434 g/mol. The van der Waals surface area contributed by atoms with Crippen molar-refractivity contribution in [1.29, 1.82) is 0 Å². The molecule has 2 aromatic carbocycles. The number of benzene rings is 2. The molecular formula is C26H27NO5. The number of nitrogens with zero attached hydrogens (tertiary/aromatic N) is 1. The molecule has 1 aliphatic carbocycles. The molecule has 2 aliphatic rings. The number of ketones is 1. The zero-order chi connectivity index (χ0) is 22.5. The fourth-order valence-corrected chi connectivity index (χ4v) is 4.39. The van der Waals surface area contributed by atoms with Gasteiger partial charge in [-0.15, -0.1) is 0 Å². The summed E-state index contributed by atoms with van der Waals surface area (Å²) in [4.78, 5) is 30.8. The van der Waals surface area contributed by atoms with Crippen molar-refractivity contribution in [1.82, 2.24) is 0 Å². The van der Waals surface area contributed by atoms with Crippen molar-refractivity contribution in [2.24, 2.45) is 10.9 Å². The number of Topliss-reactive ketones (excluding diaryl/α,β-unsaturated/α-hetero) is 1. The van der Waals surface area contributed by atoms with Gasteiger partial charge < -0.3 is 14.2 Å². The van der Waals surface area contributed by atoms with Crippen LogP contribution in [0.2, 0.25) is 0 Å². The summed E-state index contributed by atoms with van der Waals surface area (Å²) in [7, 11) is 1.61. The van der Waals surface area contributed by atoms with E-state index in [9.17, 15) is 9.59 Å².